The van der Waals surface area contributed by atoms with Crippen LogP contribution >= 0.6 is 35.3 Å². The summed E-state index contributed by atoms with van der Waals surface area (Å²) >= 11 is 1.78. The normalized spacial score (nSPS) is 16.0. The Hall–Kier alpha value is -0.900. The van der Waals surface area contributed by atoms with Crippen molar-refractivity contribution in [3.63, 3.8) is 0 Å². The summed E-state index contributed by atoms with van der Waals surface area (Å²) < 4.78 is 0. The first-order chi connectivity index (χ1) is 12.4. The maximum Gasteiger partial charge on any atom is 0.230 e. The molecule has 0 unspecified atom stereocenters. The molecule has 6 nitrogen and oxygen atoms in total. The van der Waals surface area contributed by atoms with Gasteiger partial charge in [-0.2, -0.15) is 0 Å². The van der Waals surface area contributed by atoms with Gasteiger partial charge in [0, 0.05) is 45.5 Å². The van der Waals surface area contributed by atoms with Crippen molar-refractivity contribution in [2.24, 2.45) is 10.4 Å². The van der Waals surface area contributed by atoms with Crippen LogP contribution in [0, 0.1) is 12.3 Å². The lowest BCUT2D eigenvalue weighted by Gasteiger charge is -2.31. The highest BCUT2D eigenvalue weighted by Gasteiger charge is 2.42. The summed E-state index contributed by atoms with van der Waals surface area (Å²) in [4.78, 5) is 24.7. The number of hydrogen-bond donors (Lipinski definition) is 2. The number of carbonyl (C=O) groups is 1. The third-order valence-electron chi connectivity index (χ3n) is 5.14. The van der Waals surface area contributed by atoms with Crippen molar-refractivity contribution < 1.29 is 4.79 Å². The Bertz CT molecular complexity index is 638. The van der Waals surface area contributed by atoms with Gasteiger partial charge in [-0.15, -0.1) is 35.3 Å². The molecule has 2 N–H and O–H groups in total. The quantitative estimate of drug-likeness (QED) is 0.338. The number of hydrogen-bond acceptors (Lipinski definition) is 4. The topological polar surface area (TPSA) is 69.6 Å². The van der Waals surface area contributed by atoms with Crippen LogP contribution in [-0.4, -0.2) is 56.0 Å². The number of aliphatic imine (C=N–C) groups is 1. The molecule has 1 aromatic rings. The Morgan fingerprint density at radius 2 is 1.96 bits per heavy atom. The molecule has 1 heterocycles. The molecule has 0 radical (unpaired) electrons. The van der Waals surface area contributed by atoms with Gasteiger partial charge in [0.05, 0.1) is 16.1 Å². The zero-order valence-corrected chi connectivity index (χ0v) is 20.4. The van der Waals surface area contributed by atoms with E-state index in [4.69, 9.17) is 0 Å². The smallest absolute Gasteiger partial charge is 0.230 e. The first-order valence-electron chi connectivity index (χ1n) is 9.53. The van der Waals surface area contributed by atoms with Gasteiger partial charge in [-0.3, -0.25) is 9.79 Å². The molecule has 0 bridgehead atoms. The van der Waals surface area contributed by atoms with Crippen molar-refractivity contribution in [2.45, 2.75) is 52.4 Å². The third-order valence-corrected chi connectivity index (χ3v) is 6.21. The molecular formula is C19H34IN5OS. The lowest BCUT2D eigenvalue weighted by atomic mass is 9.84. The van der Waals surface area contributed by atoms with E-state index in [1.807, 2.05) is 14.1 Å². The minimum absolute atomic E-state index is 0. The van der Waals surface area contributed by atoms with Crippen LogP contribution in [0.1, 0.15) is 48.2 Å². The average molecular weight is 507 g/mol. The highest BCUT2D eigenvalue weighted by molar-refractivity contribution is 14.0. The molecule has 27 heavy (non-hydrogen) atoms. The van der Waals surface area contributed by atoms with Gasteiger partial charge in [0.1, 0.15) is 0 Å². The molecule has 8 heteroatoms. The Labute approximate surface area is 184 Å². The highest BCUT2D eigenvalue weighted by atomic mass is 127. The Kier molecular flexibility index (Phi) is 10.0. The van der Waals surface area contributed by atoms with Crippen molar-refractivity contribution in [3.8, 4) is 0 Å². The summed E-state index contributed by atoms with van der Waals surface area (Å²) in [5, 5.41) is 7.90. The summed E-state index contributed by atoms with van der Waals surface area (Å²) in [7, 11) is 5.46. The van der Waals surface area contributed by atoms with E-state index in [1.54, 1.807) is 23.3 Å². The molecule has 2 rings (SSSR count). The largest absolute Gasteiger partial charge is 0.356 e. The monoisotopic (exact) mass is 507 g/mol. The summed E-state index contributed by atoms with van der Waals surface area (Å²) in [6.45, 7) is 5.70. The summed E-state index contributed by atoms with van der Waals surface area (Å²) in [5.74, 6) is 0.982. The zero-order chi connectivity index (χ0) is 19.2. The van der Waals surface area contributed by atoms with Crippen molar-refractivity contribution in [1.29, 1.82) is 0 Å². The number of halogens is 1. The third kappa shape index (κ3) is 6.30. The first-order valence-corrected chi connectivity index (χ1v) is 10.3. The van der Waals surface area contributed by atoms with Gasteiger partial charge in [0.15, 0.2) is 5.96 Å². The maximum atomic E-state index is 12.6. The predicted octanol–water partition coefficient (Wildman–Crippen LogP) is 2.99. The van der Waals surface area contributed by atoms with Crippen LogP contribution in [0.3, 0.4) is 0 Å². The van der Waals surface area contributed by atoms with Crippen LogP contribution < -0.4 is 10.6 Å². The van der Waals surface area contributed by atoms with E-state index < -0.39 is 0 Å². The second-order valence-electron chi connectivity index (χ2n) is 7.25. The Morgan fingerprint density at radius 1 is 1.30 bits per heavy atom. The minimum atomic E-state index is -0.288. The lowest BCUT2D eigenvalue weighted by molar-refractivity contribution is -0.138. The molecule has 1 aliphatic carbocycles. The van der Waals surface area contributed by atoms with Gasteiger partial charge < -0.3 is 15.5 Å². The minimum Gasteiger partial charge on any atom is -0.356 e. The predicted molar refractivity (Wildman–Crippen MR) is 124 cm³/mol. The molecule has 1 aliphatic rings. The molecule has 0 saturated heterocycles. The highest BCUT2D eigenvalue weighted by Crippen LogP contribution is 2.38. The summed E-state index contributed by atoms with van der Waals surface area (Å²) in [6.07, 6.45) is 6.01. The van der Waals surface area contributed by atoms with Crippen LogP contribution in [0.5, 0.6) is 0 Å². The van der Waals surface area contributed by atoms with Crippen molar-refractivity contribution in [3.05, 3.63) is 15.6 Å². The van der Waals surface area contributed by atoms with Gasteiger partial charge in [-0.1, -0.05) is 19.8 Å². The maximum absolute atomic E-state index is 12.6. The number of aromatic nitrogens is 1. The lowest BCUT2D eigenvalue weighted by Crippen LogP contribution is -2.49. The molecule has 154 valence electrons. The van der Waals surface area contributed by atoms with Crippen LogP contribution in [0.15, 0.2) is 4.99 Å². The number of amides is 1. The number of carbonyl (C=O) groups excluding carboxylic acids is 1. The van der Waals surface area contributed by atoms with Gasteiger partial charge in [0.25, 0.3) is 0 Å². The Morgan fingerprint density at radius 3 is 2.48 bits per heavy atom. The molecule has 0 aliphatic heterocycles. The van der Waals surface area contributed by atoms with Crippen LogP contribution in [0.25, 0.3) is 0 Å². The number of thiazole rings is 1. The average Bonchev–Trinajstić information content (AvgIpc) is 3.24. The van der Waals surface area contributed by atoms with E-state index in [0.29, 0.717) is 6.54 Å². The number of nitrogens with zero attached hydrogens (tertiary/aromatic N) is 3. The standard InChI is InChI=1S/C19H33N5OS.HI/c1-6-15-14(2)26-16(23-15)9-12-21-18(20-3)22-13-19(10-7-8-11-19)17(25)24(4)5;/h6-13H2,1-5H3,(H2,20,21,22);1H. The van der Waals surface area contributed by atoms with E-state index in [2.05, 4.69) is 34.5 Å². The van der Waals surface area contributed by atoms with E-state index >= 15 is 0 Å². The molecule has 0 aromatic carbocycles. The van der Waals surface area contributed by atoms with Crippen molar-refractivity contribution in [2.75, 3.05) is 34.2 Å². The number of aryl methyl sites for hydroxylation is 2. The summed E-state index contributed by atoms with van der Waals surface area (Å²) in [5.41, 5.74) is 0.918. The molecule has 0 atom stereocenters. The number of guanidine groups is 1. The summed E-state index contributed by atoms with van der Waals surface area (Å²) in [6, 6.07) is 0. The fraction of sp³-hybridized carbons (Fsp3) is 0.737. The van der Waals surface area contributed by atoms with Gasteiger partial charge in [0.2, 0.25) is 5.91 Å². The molecule has 1 amide bonds. The molecule has 1 saturated carbocycles. The van der Waals surface area contributed by atoms with Crippen LogP contribution in [-0.2, 0) is 17.6 Å². The van der Waals surface area contributed by atoms with Crippen molar-refractivity contribution >= 4 is 47.2 Å². The molecule has 1 aromatic heterocycles. The van der Waals surface area contributed by atoms with Crippen LogP contribution in [0.4, 0.5) is 0 Å². The van der Waals surface area contributed by atoms with E-state index in [0.717, 1.165) is 56.0 Å². The second-order valence-corrected chi connectivity index (χ2v) is 8.54. The second kappa shape index (κ2) is 11.2. The van der Waals surface area contributed by atoms with Crippen LogP contribution in [0.2, 0.25) is 0 Å². The molecular weight excluding hydrogens is 473 g/mol. The fourth-order valence-corrected chi connectivity index (χ4v) is 4.70. The van der Waals surface area contributed by atoms with Gasteiger partial charge in [-0.05, 0) is 26.2 Å². The number of nitrogens with one attached hydrogen (secondary N) is 2. The fourth-order valence-electron chi connectivity index (χ4n) is 3.68. The van der Waals surface area contributed by atoms with Crippen molar-refractivity contribution in [1.82, 2.24) is 20.5 Å². The van der Waals surface area contributed by atoms with E-state index in [9.17, 15) is 4.79 Å². The zero-order valence-electron chi connectivity index (χ0n) is 17.2. The SMILES string of the molecule is CCc1nc(CCNC(=NC)NCC2(C(=O)N(C)C)CCCC2)sc1C.I. The number of rotatable bonds is 7. The Balaban J connectivity index is 0.00000364. The molecule has 1 fully saturated rings. The molecule has 0 spiro atoms. The first kappa shape index (κ1) is 24.1. The van der Waals surface area contributed by atoms with E-state index in [1.165, 1.54) is 10.6 Å². The van der Waals surface area contributed by atoms with Gasteiger partial charge >= 0.3 is 0 Å². The van der Waals surface area contributed by atoms with E-state index in [-0.39, 0.29) is 35.3 Å². The van der Waals surface area contributed by atoms with Gasteiger partial charge in [-0.25, -0.2) is 4.98 Å².